The molecule has 2 aliphatic heterocycles. The molecular formula is C14H26N4O3. The van der Waals surface area contributed by atoms with Gasteiger partial charge in [0.25, 0.3) is 0 Å². The molecule has 0 saturated carbocycles. The van der Waals surface area contributed by atoms with Gasteiger partial charge in [0, 0.05) is 45.2 Å². The fraction of sp³-hybridized carbons (Fsp3) is 0.857. The van der Waals surface area contributed by atoms with Gasteiger partial charge in [0.2, 0.25) is 5.91 Å². The van der Waals surface area contributed by atoms with Gasteiger partial charge in [0.05, 0.1) is 13.2 Å². The topological polar surface area (TPSA) is 87.9 Å². The van der Waals surface area contributed by atoms with Crippen LogP contribution in [0, 0.1) is 5.92 Å². The van der Waals surface area contributed by atoms with Crippen LogP contribution < -0.4 is 11.1 Å². The number of primary amides is 1. The summed E-state index contributed by atoms with van der Waals surface area (Å²) >= 11 is 0. The first-order valence-electron chi connectivity index (χ1n) is 7.74. The number of morpholine rings is 1. The van der Waals surface area contributed by atoms with E-state index in [1.807, 2.05) is 4.90 Å². The number of nitrogens with one attached hydrogen (secondary N) is 1. The summed E-state index contributed by atoms with van der Waals surface area (Å²) in [6.45, 7) is 7.55. The molecule has 2 saturated heterocycles. The number of rotatable bonds is 5. The van der Waals surface area contributed by atoms with E-state index in [4.69, 9.17) is 10.5 Å². The van der Waals surface area contributed by atoms with E-state index in [0.29, 0.717) is 24.9 Å². The van der Waals surface area contributed by atoms with Crippen molar-refractivity contribution in [1.82, 2.24) is 15.1 Å². The lowest BCUT2D eigenvalue weighted by Crippen LogP contribution is -2.47. The van der Waals surface area contributed by atoms with Crippen LogP contribution in [0.15, 0.2) is 0 Å². The lowest BCUT2D eigenvalue weighted by molar-refractivity contribution is -0.130. The molecular weight excluding hydrogens is 272 g/mol. The van der Waals surface area contributed by atoms with E-state index in [0.717, 1.165) is 45.8 Å². The highest BCUT2D eigenvalue weighted by atomic mass is 16.5. The molecule has 0 aromatic rings. The molecule has 2 rings (SSSR count). The summed E-state index contributed by atoms with van der Waals surface area (Å²) < 4.78 is 5.40. The maximum absolute atomic E-state index is 12.2. The Hall–Kier alpha value is -1.34. The second-order valence-corrected chi connectivity index (χ2v) is 5.72. The standard InChI is InChI=1S/C14H26N4O3/c1-2-11-9-18(13(19)3-4-16-14(15)20)10-12(11)17-5-7-21-8-6-17/h11-12H,2-10H2,1H3,(H3,15,16,20). The number of ether oxygens (including phenoxy) is 1. The van der Waals surface area contributed by atoms with Gasteiger partial charge in [-0.1, -0.05) is 13.3 Å². The van der Waals surface area contributed by atoms with Gasteiger partial charge in [-0.2, -0.15) is 0 Å². The average molecular weight is 298 g/mol. The zero-order chi connectivity index (χ0) is 15.2. The van der Waals surface area contributed by atoms with Crippen LogP contribution >= 0.6 is 0 Å². The molecule has 3 N–H and O–H groups in total. The second kappa shape index (κ2) is 7.61. The zero-order valence-corrected chi connectivity index (χ0v) is 12.7. The summed E-state index contributed by atoms with van der Waals surface area (Å²) in [4.78, 5) is 27.2. The van der Waals surface area contributed by atoms with Crippen LogP contribution in [-0.4, -0.2) is 73.7 Å². The number of carbonyl (C=O) groups excluding carboxylic acids is 2. The Morgan fingerprint density at radius 1 is 1.29 bits per heavy atom. The van der Waals surface area contributed by atoms with E-state index in [1.54, 1.807) is 0 Å². The number of carbonyl (C=O) groups is 2. The number of urea groups is 1. The van der Waals surface area contributed by atoms with Crippen LogP contribution in [0.1, 0.15) is 19.8 Å². The third kappa shape index (κ3) is 4.31. The van der Waals surface area contributed by atoms with Crippen LogP contribution in [0.3, 0.4) is 0 Å². The Morgan fingerprint density at radius 2 is 2.00 bits per heavy atom. The van der Waals surface area contributed by atoms with Crippen molar-refractivity contribution in [3.63, 3.8) is 0 Å². The Balaban J connectivity index is 1.85. The van der Waals surface area contributed by atoms with Crippen molar-refractivity contribution in [3.8, 4) is 0 Å². The molecule has 0 aromatic heterocycles. The van der Waals surface area contributed by atoms with Gasteiger partial charge in [-0.15, -0.1) is 0 Å². The first-order chi connectivity index (χ1) is 10.1. The quantitative estimate of drug-likeness (QED) is 0.724. The normalized spacial score (nSPS) is 26.8. The number of likely N-dealkylation sites (tertiary alicyclic amines) is 1. The number of hydrogen-bond donors (Lipinski definition) is 2. The van der Waals surface area contributed by atoms with E-state index in [2.05, 4.69) is 17.1 Å². The number of amides is 3. The van der Waals surface area contributed by atoms with Gasteiger partial charge >= 0.3 is 6.03 Å². The number of nitrogens with two attached hydrogens (primary N) is 1. The number of hydrogen-bond acceptors (Lipinski definition) is 4. The fourth-order valence-corrected chi connectivity index (χ4v) is 3.23. The third-order valence-corrected chi connectivity index (χ3v) is 4.44. The Morgan fingerprint density at radius 3 is 2.62 bits per heavy atom. The molecule has 3 amide bonds. The highest BCUT2D eigenvalue weighted by Crippen LogP contribution is 2.25. The predicted octanol–water partition coefficient (Wildman–Crippen LogP) is -0.386. The maximum atomic E-state index is 12.2. The molecule has 2 atom stereocenters. The smallest absolute Gasteiger partial charge is 0.312 e. The second-order valence-electron chi connectivity index (χ2n) is 5.72. The van der Waals surface area contributed by atoms with Gasteiger partial charge in [-0.3, -0.25) is 9.69 Å². The average Bonchev–Trinajstić information content (AvgIpc) is 2.92. The predicted molar refractivity (Wildman–Crippen MR) is 78.7 cm³/mol. The van der Waals surface area contributed by atoms with Crippen molar-refractivity contribution in [2.75, 3.05) is 45.9 Å². The van der Waals surface area contributed by atoms with Crippen LogP contribution in [0.25, 0.3) is 0 Å². The fourth-order valence-electron chi connectivity index (χ4n) is 3.23. The molecule has 2 fully saturated rings. The van der Waals surface area contributed by atoms with Crippen LogP contribution in [0.4, 0.5) is 4.79 Å². The third-order valence-electron chi connectivity index (χ3n) is 4.44. The van der Waals surface area contributed by atoms with E-state index in [1.165, 1.54) is 0 Å². The monoisotopic (exact) mass is 298 g/mol. The molecule has 0 aliphatic carbocycles. The van der Waals surface area contributed by atoms with Crippen LogP contribution in [-0.2, 0) is 9.53 Å². The molecule has 2 heterocycles. The largest absolute Gasteiger partial charge is 0.379 e. The van der Waals surface area contributed by atoms with E-state index < -0.39 is 6.03 Å². The summed E-state index contributed by atoms with van der Waals surface area (Å²) in [6.07, 6.45) is 1.39. The summed E-state index contributed by atoms with van der Waals surface area (Å²) in [5.41, 5.74) is 5.00. The molecule has 120 valence electrons. The van der Waals surface area contributed by atoms with Crippen molar-refractivity contribution in [3.05, 3.63) is 0 Å². The summed E-state index contributed by atoms with van der Waals surface area (Å²) in [5.74, 6) is 0.620. The molecule has 0 aromatic carbocycles. The van der Waals surface area contributed by atoms with Gasteiger partial charge in [-0.25, -0.2) is 4.79 Å². The van der Waals surface area contributed by atoms with Crippen molar-refractivity contribution < 1.29 is 14.3 Å². The lowest BCUT2D eigenvalue weighted by Gasteiger charge is -2.34. The minimum atomic E-state index is -0.582. The van der Waals surface area contributed by atoms with Crippen molar-refractivity contribution in [2.24, 2.45) is 11.7 Å². The van der Waals surface area contributed by atoms with Crippen molar-refractivity contribution in [2.45, 2.75) is 25.8 Å². The van der Waals surface area contributed by atoms with E-state index in [9.17, 15) is 9.59 Å². The molecule has 0 radical (unpaired) electrons. The summed E-state index contributed by atoms with van der Waals surface area (Å²) in [5, 5.41) is 2.46. The molecule has 0 spiro atoms. The summed E-state index contributed by atoms with van der Waals surface area (Å²) in [7, 11) is 0. The highest BCUT2D eigenvalue weighted by Gasteiger charge is 2.37. The molecule has 2 unspecified atom stereocenters. The lowest BCUT2D eigenvalue weighted by atomic mass is 9.99. The van der Waals surface area contributed by atoms with Crippen LogP contribution in [0.5, 0.6) is 0 Å². The minimum absolute atomic E-state index is 0.0953. The Bertz CT molecular complexity index is 371. The van der Waals surface area contributed by atoms with Gasteiger partial charge in [0.15, 0.2) is 0 Å². The molecule has 7 nitrogen and oxygen atoms in total. The molecule has 2 aliphatic rings. The minimum Gasteiger partial charge on any atom is -0.379 e. The first-order valence-corrected chi connectivity index (χ1v) is 7.74. The highest BCUT2D eigenvalue weighted by molar-refractivity contribution is 5.78. The van der Waals surface area contributed by atoms with Gasteiger partial charge in [0.1, 0.15) is 0 Å². The molecule has 21 heavy (non-hydrogen) atoms. The van der Waals surface area contributed by atoms with Crippen molar-refractivity contribution in [1.29, 1.82) is 0 Å². The van der Waals surface area contributed by atoms with Gasteiger partial charge < -0.3 is 20.7 Å². The molecule has 7 heteroatoms. The maximum Gasteiger partial charge on any atom is 0.312 e. The zero-order valence-electron chi connectivity index (χ0n) is 12.7. The SMILES string of the molecule is CCC1CN(C(=O)CCNC(N)=O)CC1N1CCOCC1. The Kier molecular flexibility index (Phi) is 5.81. The number of nitrogens with zero attached hydrogens (tertiary/aromatic N) is 2. The molecule has 0 bridgehead atoms. The summed E-state index contributed by atoms with van der Waals surface area (Å²) in [6, 6.07) is -0.145. The van der Waals surface area contributed by atoms with Crippen LogP contribution in [0.2, 0.25) is 0 Å². The van der Waals surface area contributed by atoms with E-state index in [-0.39, 0.29) is 5.91 Å². The van der Waals surface area contributed by atoms with Crippen molar-refractivity contribution >= 4 is 11.9 Å². The van der Waals surface area contributed by atoms with Gasteiger partial charge in [-0.05, 0) is 5.92 Å². The first kappa shape index (κ1) is 16.0. The van der Waals surface area contributed by atoms with E-state index >= 15 is 0 Å². The Labute approximate surface area is 125 Å².